The number of guanidine groups is 1. The van der Waals surface area contributed by atoms with Crippen LogP contribution in [0.3, 0.4) is 0 Å². The third-order valence-electron chi connectivity index (χ3n) is 5.08. The number of aliphatic imine (C=N–C) groups is 1. The molecule has 0 saturated carbocycles. The normalized spacial score (nSPS) is 17.1. The number of benzene rings is 1. The third-order valence-corrected chi connectivity index (χ3v) is 5.76. The van der Waals surface area contributed by atoms with E-state index >= 15 is 0 Å². The largest absolute Gasteiger partial charge is 0.384 e. The molecule has 1 aliphatic rings. The second-order valence-corrected chi connectivity index (χ2v) is 8.28. The quantitative estimate of drug-likeness (QED) is 0.480. The van der Waals surface area contributed by atoms with Crippen LogP contribution in [0.4, 0.5) is 5.69 Å². The van der Waals surface area contributed by atoms with Crippen LogP contribution < -0.4 is 15.5 Å². The zero-order valence-corrected chi connectivity index (χ0v) is 18.0. The number of thiophene rings is 1. The fourth-order valence-corrected chi connectivity index (χ4v) is 4.08. The van der Waals surface area contributed by atoms with E-state index in [9.17, 15) is 9.90 Å². The van der Waals surface area contributed by atoms with Gasteiger partial charge in [-0.2, -0.15) is 11.3 Å². The first-order valence-corrected chi connectivity index (χ1v) is 11.1. The number of hydrogen-bond donors (Lipinski definition) is 3. The van der Waals surface area contributed by atoms with Gasteiger partial charge in [-0.25, -0.2) is 4.99 Å². The lowest BCUT2D eigenvalue weighted by Gasteiger charge is -2.26. The first-order valence-electron chi connectivity index (χ1n) is 10.2. The maximum atomic E-state index is 12.1. The van der Waals surface area contributed by atoms with Crippen molar-refractivity contribution in [1.29, 1.82) is 0 Å². The Labute approximate surface area is 176 Å². The molecule has 156 valence electrons. The molecule has 29 heavy (non-hydrogen) atoms. The molecule has 1 fully saturated rings. The number of anilines is 1. The van der Waals surface area contributed by atoms with Gasteiger partial charge in [0.1, 0.15) is 5.60 Å². The minimum Gasteiger partial charge on any atom is -0.384 e. The van der Waals surface area contributed by atoms with Gasteiger partial charge < -0.3 is 20.6 Å². The summed E-state index contributed by atoms with van der Waals surface area (Å²) in [6, 6.07) is 9.97. The van der Waals surface area contributed by atoms with Crippen LogP contribution in [0.1, 0.15) is 44.2 Å². The van der Waals surface area contributed by atoms with E-state index in [2.05, 4.69) is 15.6 Å². The Balaban J connectivity index is 1.60. The van der Waals surface area contributed by atoms with E-state index in [1.807, 2.05) is 52.9 Å². The number of hydrogen-bond acceptors (Lipinski definition) is 4. The van der Waals surface area contributed by atoms with Crippen molar-refractivity contribution in [3.8, 4) is 0 Å². The molecule has 1 atom stereocenters. The van der Waals surface area contributed by atoms with Gasteiger partial charge >= 0.3 is 0 Å². The average Bonchev–Trinajstić information content (AvgIpc) is 3.27. The van der Waals surface area contributed by atoms with Crippen LogP contribution in [0.5, 0.6) is 0 Å². The van der Waals surface area contributed by atoms with E-state index in [-0.39, 0.29) is 5.91 Å². The molecule has 0 aliphatic carbocycles. The molecule has 0 bridgehead atoms. The van der Waals surface area contributed by atoms with E-state index in [1.165, 1.54) is 0 Å². The minimum absolute atomic E-state index is 0.207. The predicted octanol–water partition coefficient (Wildman–Crippen LogP) is 3.23. The molecule has 1 aliphatic heterocycles. The molecule has 1 unspecified atom stereocenters. The predicted molar refractivity (Wildman–Crippen MR) is 119 cm³/mol. The number of carbonyl (C=O) groups is 1. The molecule has 1 saturated heterocycles. The van der Waals surface area contributed by atoms with Crippen molar-refractivity contribution in [3.05, 3.63) is 52.2 Å². The first kappa shape index (κ1) is 21.3. The van der Waals surface area contributed by atoms with Gasteiger partial charge in [-0.1, -0.05) is 12.1 Å². The Kier molecular flexibility index (Phi) is 7.28. The molecule has 3 rings (SSSR count). The Morgan fingerprint density at radius 2 is 2.03 bits per heavy atom. The van der Waals surface area contributed by atoms with Crippen molar-refractivity contribution in [3.63, 3.8) is 0 Å². The number of nitrogens with zero attached hydrogens (tertiary/aromatic N) is 2. The molecular formula is C22H30N4O2S. The van der Waals surface area contributed by atoms with Gasteiger partial charge in [0.2, 0.25) is 5.91 Å². The minimum atomic E-state index is -0.960. The highest BCUT2D eigenvalue weighted by Crippen LogP contribution is 2.23. The number of amides is 1. The third kappa shape index (κ3) is 5.81. The molecule has 2 heterocycles. The number of aliphatic hydroxyl groups is 1. The van der Waals surface area contributed by atoms with Crippen LogP contribution in [0.25, 0.3) is 0 Å². The standard InChI is InChI=1S/C22H30N4O2S/c1-3-23-21(25-16-22(2,28)18-11-13-29-15-18)24-14-17-7-9-19(10-8-17)26-12-5-4-6-20(26)27/h7-11,13,15,28H,3-6,12,14,16H2,1-2H3,(H2,23,24,25). The fourth-order valence-electron chi connectivity index (χ4n) is 3.30. The van der Waals surface area contributed by atoms with Crippen LogP contribution in [0.2, 0.25) is 0 Å². The van der Waals surface area contributed by atoms with Crippen LogP contribution in [0.15, 0.2) is 46.1 Å². The summed E-state index contributed by atoms with van der Waals surface area (Å²) in [7, 11) is 0. The maximum Gasteiger partial charge on any atom is 0.226 e. The Morgan fingerprint density at radius 3 is 2.69 bits per heavy atom. The van der Waals surface area contributed by atoms with E-state index in [0.717, 1.165) is 42.7 Å². The van der Waals surface area contributed by atoms with E-state index in [0.29, 0.717) is 25.5 Å². The average molecular weight is 415 g/mol. The second-order valence-electron chi connectivity index (χ2n) is 7.50. The van der Waals surface area contributed by atoms with E-state index in [4.69, 9.17) is 0 Å². The summed E-state index contributed by atoms with van der Waals surface area (Å²) in [5.74, 6) is 0.872. The summed E-state index contributed by atoms with van der Waals surface area (Å²) in [4.78, 5) is 18.6. The Hall–Kier alpha value is -2.38. The molecule has 1 aromatic heterocycles. The number of rotatable bonds is 7. The van der Waals surface area contributed by atoms with Crippen molar-refractivity contribution in [2.45, 2.75) is 45.3 Å². The SMILES string of the molecule is CCNC(=NCc1ccc(N2CCCCC2=O)cc1)NCC(C)(O)c1ccsc1. The van der Waals surface area contributed by atoms with E-state index < -0.39 is 5.60 Å². The van der Waals surface area contributed by atoms with Gasteiger partial charge in [0.25, 0.3) is 0 Å². The van der Waals surface area contributed by atoms with Crippen LogP contribution in [0, 0.1) is 0 Å². The van der Waals surface area contributed by atoms with Crippen LogP contribution in [-0.2, 0) is 16.9 Å². The molecule has 7 heteroatoms. The molecule has 1 aromatic carbocycles. The Morgan fingerprint density at radius 1 is 1.24 bits per heavy atom. The highest BCUT2D eigenvalue weighted by Gasteiger charge is 2.23. The van der Waals surface area contributed by atoms with E-state index in [1.54, 1.807) is 18.3 Å². The summed E-state index contributed by atoms with van der Waals surface area (Å²) in [5.41, 5.74) is 1.96. The lowest BCUT2D eigenvalue weighted by Crippen LogP contribution is -2.44. The number of nitrogens with one attached hydrogen (secondary N) is 2. The summed E-state index contributed by atoms with van der Waals surface area (Å²) in [6.45, 7) is 6.23. The molecule has 2 aromatic rings. The van der Waals surface area contributed by atoms with Crippen molar-refractivity contribution < 1.29 is 9.90 Å². The summed E-state index contributed by atoms with van der Waals surface area (Å²) in [5, 5.41) is 21.0. The molecular weight excluding hydrogens is 384 g/mol. The zero-order chi connectivity index (χ0) is 20.7. The van der Waals surface area contributed by atoms with Crippen molar-refractivity contribution in [2.75, 3.05) is 24.5 Å². The lowest BCUT2D eigenvalue weighted by atomic mass is 9.99. The molecule has 0 radical (unpaired) electrons. The van der Waals surface area contributed by atoms with Gasteiger partial charge in [-0.05, 0) is 66.8 Å². The van der Waals surface area contributed by atoms with Gasteiger partial charge in [0.15, 0.2) is 5.96 Å². The maximum absolute atomic E-state index is 12.1. The van der Waals surface area contributed by atoms with Gasteiger partial charge in [-0.3, -0.25) is 4.79 Å². The monoisotopic (exact) mass is 414 g/mol. The number of carbonyl (C=O) groups excluding carboxylic acids is 1. The van der Waals surface area contributed by atoms with Crippen molar-refractivity contribution >= 4 is 28.9 Å². The smallest absolute Gasteiger partial charge is 0.226 e. The summed E-state index contributed by atoms with van der Waals surface area (Å²) in [6.07, 6.45) is 2.69. The van der Waals surface area contributed by atoms with Crippen molar-refractivity contribution in [1.82, 2.24) is 10.6 Å². The summed E-state index contributed by atoms with van der Waals surface area (Å²) < 4.78 is 0. The van der Waals surface area contributed by atoms with Crippen molar-refractivity contribution in [2.24, 2.45) is 4.99 Å². The molecule has 1 amide bonds. The highest BCUT2D eigenvalue weighted by atomic mass is 32.1. The molecule has 6 nitrogen and oxygen atoms in total. The van der Waals surface area contributed by atoms with Gasteiger partial charge in [-0.15, -0.1) is 0 Å². The second kappa shape index (κ2) is 9.89. The fraction of sp³-hybridized carbons (Fsp3) is 0.455. The van der Waals surface area contributed by atoms with Crippen LogP contribution in [-0.4, -0.2) is 36.6 Å². The van der Waals surface area contributed by atoms with Gasteiger partial charge in [0.05, 0.1) is 13.1 Å². The molecule has 0 spiro atoms. The number of piperidine rings is 1. The van der Waals surface area contributed by atoms with Gasteiger partial charge in [0, 0.05) is 25.2 Å². The molecule has 3 N–H and O–H groups in total. The summed E-state index contributed by atoms with van der Waals surface area (Å²) >= 11 is 1.57. The highest BCUT2D eigenvalue weighted by molar-refractivity contribution is 7.08. The lowest BCUT2D eigenvalue weighted by molar-refractivity contribution is -0.119. The Bertz CT molecular complexity index is 816. The zero-order valence-electron chi connectivity index (χ0n) is 17.1. The topological polar surface area (TPSA) is 77.0 Å². The first-order chi connectivity index (χ1) is 14.0. The van der Waals surface area contributed by atoms with Crippen LogP contribution >= 0.6 is 11.3 Å².